The van der Waals surface area contributed by atoms with Gasteiger partial charge in [-0.25, -0.2) is 0 Å². The highest BCUT2D eigenvalue weighted by molar-refractivity contribution is 5.02. The molecule has 2 aliphatic carbocycles. The van der Waals surface area contributed by atoms with Gasteiger partial charge in [0.15, 0.2) is 0 Å². The molecule has 1 aliphatic heterocycles. The third kappa shape index (κ3) is 2.83. The topological polar surface area (TPSA) is 24.5 Å². The predicted octanol–water partition coefficient (Wildman–Crippen LogP) is 1.63. The van der Waals surface area contributed by atoms with E-state index in [2.05, 4.69) is 10.2 Å². The van der Waals surface area contributed by atoms with Crippen molar-refractivity contribution in [3.63, 3.8) is 0 Å². The van der Waals surface area contributed by atoms with Gasteiger partial charge >= 0.3 is 0 Å². The minimum Gasteiger partial charge on any atom is -0.383 e. The van der Waals surface area contributed by atoms with Crippen molar-refractivity contribution in [1.29, 1.82) is 0 Å². The molecular formula is C14H26N2O. The normalized spacial score (nSPS) is 29.5. The average Bonchev–Trinajstić information content (AvgIpc) is 3.10. The fourth-order valence-corrected chi connectivity index (χ4v) is 3.57. The highest BCUT2D eigenvalue weighted by Crippen LogP contribution is 2.49. The van der Waals surface area contributed by atoms with Crippen LogP contribution in [0.15, 0.2) is 0 Å². The van der Waals surface area contributed by atoms with Crippen LogP contribution in [-0.2, 0) is 4.74 Å². The molecule has 3 aliphatic rings. The summed E-state index contributed by atoms with van der Waals surface area (Å²) >= 11 is 0. The van der Waals surface area contributed by atoms with Crippen LogP contribution in [0.5, 0.6) is 0 Å². The molecule has 0 amide bonds. The fourth-order valence-electron chi connectivity index (χ4n) is 3.57. The molecule has 1 saturated heterocycles. The van der Waals surface area contributed by atoms with Gasteiger partial charge < -0.3 is 15.0 Å². The van der Waals surface area contributed by atoms with Gasteiger partial charge in [0.25, 0.3) is 0 Å². The molecule has 3 nitrogen and oxygen atoms in total. The molecule has 98 valence electrons. The standard InChI is InChI=1S/C14H26N2O/c1-17-9-8-16-6-4-14(5-7-16)10-13(11-14)15-12-2-3-12/h12-13,15H,2-11H2,1H3. The van der Waals surface area contributed by atoms with Crippen LogP contribution in [0.1, 0.15) is 38.5 Å². The Morgan fingerprint density at radius 1 is 1.18 bits per heavy atom. The largest absolute Gasteiger partial charge is 0.383 e. The minimum absolute atomic E-state index is 0.718. The Hall–Kier alpha value is -0.120. The maximum Gasteiger partial charge on any atom is 0.0589 e. The van der Waals surface area contributed by atoms with Crippen molar-refractivity contribution in [2.24, 2.45) is 5.41 Å². The van der Waals surface area contributed by atoms with E-state index in [-0.39, 0.29) is 0 Å². The van der Waals surface area contributed by atoms with E-state index < -0.39 is 0 Å². The van der Waals surface area contributed by atoms with Gasteiger partial charge in [-0.3, -0.25) is 0 Å². The van der Waals surface area contributed by atoms with Crippen molar-refractivity contribution < 1.29 is 4.74 Å². The van der Waals surface area contributed by atoms with Crippen molar-refractivity contribution >= 4 is 0 Å². The summed E-state index contributed by atoms with van der Waals surface area (Å²) in [6.07, 6.45) is 8.57. The van der Waals surface area contributed by atoms with Gasteiger partial charge in [0, 0.05) is 25.7 Å². The SMILES string of the molecule is COCCN1CCC2(CC1)CC(NC1CC1)C2. The molecule has 0 radical (unpaired) electrons. The second-order valence-corrected chi connectivity index (χ2v) is 6.38. The van der Waals surface area contributed by atoms with Gasteiger partial charge in [0.2, 0.25) is 0 Å². The van der Waals surface area contributed by atoms with Gasteiger partial charge in [-0.1, -0.05) is 0 Å². The molecule has 1 spiro atoms. The molecule has 2 saturated carbocycles. The number of rotatable bonds is 5. The molecule has 3 heteroatoms. The second kappa shape index (κ2) is 4.87. The molecular weight excluding hydrogens is 212 g/mol. The molecule has 0 bridgehead atoms. The average molecular weight is 238 g/mol. The van der Waals surface area contributed by atoms with E-state index in [1.54, 1.807) is 7.11 Å². The van der Waals surface area contributed by atoms with E-state index in [1.807, 2.05) is 0 Å². The van der Waals surface area contributed by atoms with Crippen LogP contribution in [0.2, 0.25) is 0 Å². The highest BCUT2D eigenvalue weighted by Gasteiger charge is 2.46. The Morgan fingerprint density at radius 2 is 1.88 bits per heavy atom. The molecule has 1 heterocycles. The summed E-state index contributed by atoms with van der Waals surface area (Å²) in [7, 11) is 1.80. The number of hydrogen-bond acceptors (Lipinski definition) is 3. The lowest BCUT2D eigenvalue weighted by Crippen LogP contribution is -2.54. The molecule has 0 unspecified atom stereocenters. The molecule has 3 fully saturated rings. The van der Waals surface area contributed by atoms with Crippen molar-refractivity contribution in [2.45, 2.75) is 50.6 Å². The summed E-state index contributed by atoms with van der Waals surface area (Å²) in [5.74, 6) is 0. The highest BCUT2D eigenvalue weighted by atomic mass is 16.5. The van der Waals surface area contributed by atoms with Crippen LogP contribution in [-0.4, -0.2) is 50.3 Å². The maximum atomic E-state index is 5.15. The first-order valence-corrected chi connectivity index (χ1v) is 7.27. The van der Waals surface area contributed by atoms with Crippen molar-refractivity contribution in [2.75, 3.05) is 33.4 Å². The summed E-state index contributed by atoms with van der Waals surface area (Å²) in [6.45, 7) is 4.59. The van der Waals surface area contributed by atoms with Crippen LogP contribution in [0, 0.1) is 5.41 Å². The Bertz CT molecular complexity index is 249. The van der Waals surface area contributed by atoms with Crippen LogP contribution in [0.3, 0.4) is 0 Å². The second-order valence-electron chi connectivity index (χ2n) is 6.38. The lowest BCUT2D eigenvalue weighted by molar-refractivity contribution is -0.000344. The first-order chi connectivity index (χ1) is 8.30. The summed E-state index contributed by atoms with van der Waals surface area (Å²) in [6, 6.07) is 1.74. The molecule has 0 aromatic heterocycles. The van der Waals surface area contributed by atoms with Crippen molar-refractivity contribution in [3.8, 4) is 0 Å². The fraction of sp³-hybridized carbons (Fsp3) is 1.00. The number of likely N-dealkylation sites (tertiary alicyclic amines) is 1. The Balaban J connectivity index is 1.37. The molecule has 1 N–H and O–H groups in total. The Kier molecular flexibility index (Phi) is 3.42. The number of hydrogen-bond donors (Lipinski definition) is 1. The first-order valence-electron chi connectivity index (χ1n) is 7.27. The monoisotopic (exact) mass is 238 g/mol. The minimum atomic E-state index is 0.718. The van der Waals surface area contributed by atoms with Gasteiger partial charge in [-0.2, -0.15) is 0 Å². The summed E-state index contributed by atoms with van der Waals surface area (Å²) in [5, 5.41) is 3.77. The summed E-state index contributed by atoms with van der Waals surface area (Å²) in [5.41, 5.74) is 0.718. The van der Waals surface area contributed by atoms with Crippen LogP contribution in [0.25, 0.3) is 0 Å². The zero-order chi connectivity index (χ0) is 11.7. The Morgan fingerprint density at radius 3 is 2.47 bits per heavy atom. The zero-order valence-electron chi connectivity index (χ0n) is 11.1. The first kappa shape index (κ1) is 11.9. The Labute approximate surface area is 105 Å². The van der Waals surface area contributed by atoms with E-state index in [1.165, 1.54) is 51.6 Å². The van der Waals surface area contributed by atoms with E-state index in [0.717, 1.165) is 30.7 Å². The van der Waals surface area contributed by atoms with Crippen molar-refractivity contribution in [1.82, 2.24) is 10.2 Å². The van der Waals surface area contributed by atoms with E-state index in [4.69, 9.17) is 4.74 Å². The lowest BCUT2D eigenvalue weighted by atomic mass is 9.60. The van der Waals surface area contributed by atoms with Crippen LogP contribution in [0.4, 0.5) is 0 Å². The van der Waals surface area contributed by atoms with E-state index in [9.17, 15) is 0 Å². The van der Waals surface area contributed by atoms with Gasteiger partial charge in [-0.15, -0.1) is 0 Å². The van der Waals surface area contributed by atoms with E-state index >= 15 is 0 Å². The quantitative estimate of drug-likeness (QED) is 0.788. The van der Waals surface area contributed by atoms with Crippen LogP contribution >= 0.6 is 0 Å². The number of nitrogens with zero attached hydrogens (tertiary/aromatic N) is 1. The predicted molar refractivity (Wildman–Crippen MR) is 69.2 cm³/mol. The molecule has 17 heavy (non-hydrogen) atoms. The molecule has 0 atom stereocenters. The third-order valence-corrected chi connectivity index (χ3v) is 4.94. The summed E-state index contributed by atoms with van der Waals surface area (Å²) in [4.78, 5) is 2.57. The number of piperidine rings is 1. The lowest BCUT2D eigenvalue weighted by Gasteiger charge is -2.52. The van der Waals surface area contributed by atoms with Gasteiger partial charge in [0.05, 0.1) is 6.61 Å². The number of nitrogens with one attached hydrogen (secondary N) is 1. The summed E-state index contributed by atoms with van der Waals surface area (Å²) < 4.78 is 5.15. The molecule has 0 aromatic carbocycles. The van der Waals surface area contributed by atoms with Gasteiger partial charge in [0.1, 0.15) is 0 Å². The number of methoxy groups -OCH3 is 1. The molecule has 0 aromatic rings. The van der Waals surface area contributed by atoms with Gasteiger partial charge in [-0.05, 0) is 57.0 Å². The third-order valence-electron chi connectivity index (χ3n) is 4.94. The van der Waals surface area contributed by atoms with Crippen LogP contribution < -0.4 is 5.32 Å². The smallest absolute Gasteiger partial charge is 0.0589 e. The molecule has 3 rings (SSSR count). The van der Waals surface area contributed by atoms with Crippen molar-refractivity contribution in [3.05, 3.63) is 0 Å². The maximum absolute atomic E-state index is 5.15. The zero-order valence-corrected chi connectivity index (χ0v) is 11.1. The number of ether oxygens (including phenoxy) is 1. The van der Waals surface area contributed by atoms with E-state index in [0.29, 0.717) is 0 Å².